The monoisotopic (exact) mass is 281 g/mol. The normalized spacial score (nSPS) is 19.9. The first kappa shape index (κ1) is 14.8. The Hall–Kier alpha value is -1.62. The Morgan fingerprint density at radius 2 is 2.35 bits per heavy atom. The van der Waals surface area contributed by atoms with E-state index in [1.165, 1.54) is 6.07 Å². The van der Waals surface area contributed by atoms with Gasteiger partial charge in [0.1, 0.15) is 0 Å². The van der Waals surface area contributed by atoms with Gasteiger partial charge < -0.3 is 15.2 Å². The average Bonchev–Trinajstić information content (AvgIpc) is 2.84. The van der Waals surface area contributed by atoms with Crippen LogP contribution < -0.4 is 10.1 Å². The van der Waals surface area contributed by atoms with Gasteiger partial charge in [-0.25, -0.2) is 4.39 Å². The number of hydrogen-bond acceptors (Lipinski definition) is 3. The number of amides is 1. The highest BCUT2D eigenvalue weighted by Crippen LogP contribution is 2.31. The number of carbonyl (C=O) groups is 1. The van der Waals surface area contributed by atoms with Crippen LogP contribution in [0.1, 0.15) is 32.3 Å². The molecule has 1 aliphatic heterocycles. The van der Waals surface area contributed by atoms with Crippen LogP contribution in [0.2, 0.25) is 0 Å². The van der Waals surface area contributed by atoms with Crippen LogP contribution in [-0.4, -0.2) is 29.3 Å². The number of para-hydroxylation sites is 1. The summed E-state index contributed by atoms with van der Waals surface area (Å²) < 4.78 is 19.0. The third-order valence-corrected chi connectivity index (χ3v) is 3.88. The highest BCUT2D eigenvalue weighted by molar-refractivity contribution is 5.83. The van der Waals surface area contributed by atoms with Gasteiger partial charge in [0.05, 0.1) is 0 Å². The van der Waals surface area contributed by atoms with Crippen LogP contribution in [0.5, 0.6) is 5.75 Å². The van der Waals surface area contributed by atoms with Crippen molar-refractivity contribution in [1.82, 2.24) is 5.32 Å². The maximum Gasteiger partial charge on any atom is 0.261 e. The zero-order valence-corrected chi connectivity index (χ0v) is 11.8. The number of halogens is 1. The quantitative estimate of drug-likeness (QED) is 0.865. The van der Waals surface area contributed by atoms with Gasteiger partial charge in [-0.2, -0.15) is 0 Å². The first-order valence-corrected chi connectivity index (χ1v) is 6.86. The Balaban J connectivity index is 2.05. The lowest BCUT2D eigenvalue weighted by molar-refractivity contribution is -0.129. The Labute approximate surface area is 117 Å². The molecule has 1 heterocycles. The van der Waals surface area contributed by atoms with Gasteiger partial charge in [0.15, 0.2) is 17.7 Å². The van der Waals surface area contributed by atoms with Crippen molar-refractivity contribution in [3.05, 3.63) is 29.6 Å². The van der Waals surface area contributed by atoms with Crippen LogP contribution in [0.25, 0.3) is 0 Å². The molecule has 1 amide bonds. The molecule has 1 aromatic rings. The molecule has 0 spiro atoms. The summed E-state index contributed by atoms with van der Waals surface area (Å²) in [6.07, 6.45) is 0.848. The van der Waals surface area contributed by atoms with Crippen molar-refractivity contribution in [1.29, 1.82) is 0 Å². The van der Waals surface area contributed by atoms with Gasteiger partial charge in [-0.3, -0.25) is 4.79 Å². The molecule has 0 saturated carbocycles. The first-order valence-electron chi connectivity index (χ1n) is 6.86. The third-order valence-electron chi connectivity index (χ3n) is 3.88. The van der Waals surface area contributed by atoms with Crippen LogP contribution in [0.15, 0.2) is 18.2 Å². The number of carbonyl (C=O) groups excluding carboxylic acids is 1. The first-order chi connectivity index (χ1) is 9.49. The molecule has 0 saturated heterocycles. The largest absolute Gasteiger partial charge is 0.477 e. The average molecular weight is 281 g/mol. The van der Waals surface area contributed by atoms with Gasteiger partial charge in [0.25, 0.3) is 5.91 Å². The molecule has 2 atom stereocenters. The number of aliphatic hydroxyl groups is 1. The molecule has 4 nitrogen and oxygen atoms in total. The molecule has 0 radical (unpaired) electrons. The molecular weight excluding hydrogens is 261 g/mol. The van der Waals surface area contributed by atoms with E-state index in [-0.39, 0.29) is 18.3 Å². The Bertz CT molecular complexity index is 506. The lowest BCUT2D eigenvalue weighted by atomic mass is 9.94. The van der Waals surface area contributed by atoms with Crippen LogP contribution >= 0.6 is 0 Å². The summed E-state index contributed by atoms with van der Waals surface area (Å²) >= 11 is 0. The molecule has 20 heavy (non-hydrogen) atoms. The fourth-order valence-electron chi connectivity index (χ4n) is 2.33. The predicted molar refractivity (Wildman–Crippen MR) is 73.1 cm³/mol. The standard InChI is InChI=1S/C15H20FNO3/c1-3-15(2,7-8-18)17-14(19)12-9-10-5-4-6-11(16)13(10)20-12/h4-6,12,18H,3,7-9H2,1-2H3,(H,17,19). The molecular formula is C15H20FNO3. The van der Waals surface area contributed by atoms with Gasteiger partial charge in [0.2, 0.25) is 0 Å². The SMILES string of the molecule is CCC(C)(CCO)NC(=O)C1Cc2cccc(F)c2O1. The minimum absolute atomic E-state index is 0.00496. The van der Waals surface area contributed by atoms with Gasteiger partial charge in [-0.1, -0.05) is 19.1 Å². The topological polar surface area (TPSA) is 58.6 Å². The highest BCUT2D eigenvalue weighted by Gasteiger charge is 2.34. The maximum atomic E-state index is 13.6. The molecule has 0 fully saturated rings. The minimum Gasteiger partial charge on any atom is -0.477 e. The number of rotatable bonds is 5. The van der Waals surface area contributed by atoms with Crippen LogP contribution in [0.3, 0.4) is 0 Å². The van der Waals surface area contributed by atoms with E-state index in [2.05, 4.69) is 5.32 Å². The summed E-state index contributed by atoms with van der Waals surface area (Å²) in [6.45, 7) is 3.83. The summed E-state index contributed by atoms with van der Waals surface area (Å²) in [6, 6.07) is 4.69. The number of hydrogen-bond donors (Lipinski definition) is 2. The van der Waals surface area contributed by atoms with Crippen molar-refractivity contribution in [3.8, 4) is 5.75 Å². The molecule has 2 unspecified atom stereocenters. The lowest BCUT2D eigenvalue weighted by Gasteiger charge is -2.30. The number of fused-ring (bicyclic) bond motifs is 1. The second kappa shape index (κ2) is 5.79. The molecule has 0 aliphatic carbocycles. The summed E-state index contributed by atoms with van der Waals surface area (Å²) in [5.74, 6) is -0.530. The Morgan fingerprint density at radius 1 is 1.60 bits per heavy atom. The van der Waals surface area contributed by atoms with E-state index >= 15 is 0 Å². The van der Waals surface area contributed by atoms with Crippen molar-refractivity contribution >= 4 is 5.91 Å². The number of nitrogens with one attached hydrogen (secondary N) is 1. The molecule has 2 N–H and O–H groups in total. The maximum absolute atomic E-state index is 13.6. The Morgan fingerprint density at radius 3 is 2.95 bits per heavy atom. The summed E-state index contributed by atoms with van der Waals surface area (Å²) in [4.78, 5) is 12.2. The van der Waals surface area contributed by atoms with E-state index in [9.17, 15) is 9.18 Å². The van der Waals surface area contributed by atoms with Gasteiger partial charge in [-0.15, -0.1) is 0 Å². The second-order valence-corrected chi connectivity index (χ2v) is 5.42. The molecule has 1 aromatic carbocycles. The number of benzene rings is 1. The fraction of sp³-hybridized carbons (Fsp3) is 0.533. The van der Waals surface area contributed by atoms with E-state index in [4.69, 9.17) is 9.84 Å². The minimum atomic E-state index is -0.702. The van der Waals surface area contributed by atoms with Crippen molar-refractivity contribution < 1.29 is 19.0 Å². The molecule has 0 aromatic heterocycles. The predicted octanol–water partition coefficient (Wildman–Crippen LogP) is 1.80. The number of ether oxygens (including phenoxy) is 1. The van der Waals surface area contributed by atoms with Crippen LogP contribution in [0.4, 0.5) is 4.39 Å². The molecule has 110 valence electrons. The van der Waals surface area contributed by atoms with E-state index in [1.54, 1.807) is 12.1 Å². The van der Waals surface area contributed by atoms with Gasteiger partial charge in [-0.05, 0) is 25.8 Å². The van der Waals surface area contributed by atoms with Crippen molar-refractivity contribution in [2.75, 3.05) is 6.61 Å². The van der Waals surface area contributed by atoms with Gasteiger partial charge >= 0.3 is 0 Å². The fourth-order valence-corrected chi connectivity index (χ4v) is 2.33. The summed E-state index contributed by atoms with van der Waals surface area (Å²) in [5.41, 5.74) is 0.244. The van der Waals surface area contributed by atoms with Crippen LogP contribution in [-0.2, 0) is 11.2 Å². The Kier molecular flexibility index (Phi) is 4.28. The molecule has 0 bridgehead atoms. The molecule has 1 aliphatic rings. The summed E-state index contributed by atoms with van der Waals surface area (Å²) in [5, 5.41) is 12.0. The van der Waals surface area contributed by atoms with Crippen LogP contribution in [0, 0.1) is 5.82 Å². The summed E-state index contributed by atoms with van der Waals surface area (Å²) in [7, 11) is 0. The van der Waals surface area contributed by atoms with Crippen molar-refractivity contribution in [3.63, 3.8) is 0 Å². The zero-order valence-electron chi connectivity index (χ0n) is 11.8. The highest BCUT2D eigenvalue weighted by atomic mass is 19.1. The van der Waals surface area contributed by atoms with Crippen molar-refractivity contribution in [2.45, 2.75) is 44.8 Å². The molecule has 2 rings (SSSR count). The number of aliphatic hydroxyl groups excluding tert-OH is 1. The van der Waals surface area contributed by atoms with Gasteiger partial charge in [0, 0.05) is 24.1 Å². The van der Waals surface area contributed by atoms with E-state index in [0.717, 1.165) is 0 Å². The molecule has 5 heteroatoms. The smallest absolute Gasteiger partial charge is 0.261 e. The second-order valence-electron chi connectivity index (χ2n) is 5.42. The third kappa shape index (κ3) is 2.93. The zero-order chi connectivity index (χ0) is 14.8. The van der Waals surface area contributed by atoms with E-state index in [1.807, 2.05) is 13.8 Å². The van der Waals surface area contributed by atoms with E-state index in [0.29, 0.717) is 24.8 Å². The van der Waals surface area contributed by atoms with Crippen molar-refractivity contribution in [2.24, 2.45) is 0 Å². The van der Waals surface area contributed by atoms with E-state index < -0.39 is 17.5 Å². The lowest BCUT2D eigenvalue weighted by Crippen LogP contribution is -2.51.